The highest BCUT2D eigenvalue weighted by molar-refractivity contribution is 7.91. The van der Waals surface area contributed by atoms with Gasteiger partial charge in [0.25, 0.3) is 0 Å². The van der Waals surface area contributed by atoms with E-state index in [2.05, 4.69) is 33.0 Å². The molecule has 0 spiro atoms. The van der Waals surface area contributed by atoms with Crippen LogP contribution in [-0.4, -0.2) is 45.2 Å². The van der Waals surface area contributed by atoms with Crippen LogP contribution >= 0.6 is 0 Å². The summed E-state index contributed by atoms with van der Waals surface area (Å²) in [6.07, 6.45) is 2.79. The first kappa shape index (κ1) is 16.9. The van der Waals surface area contributed by atoms with Crippen molar-refractivity contribution in [1.29, 1.82) is 0 Å². The van der Waals surface area contributed by atoms with Gasteiger partial charge in [-0.25, -0.2) is 8.42 Å². The lowest BCUT2D eigenvalue weighted by molar-refractivity contribution is 0.127. The second kappa shape index (κ2) is 7.04. The molecule has 1 rings (SSSR count). The van der Waals surface area contributed by atoms with Crippen molar-refractivity contribution >= 4 is 9.84 Å². The van der Waals surface area contributed by atoms with Gasteiger partial charge in [0.15, 0.2) is 9.84 Å². The van der Waals surface area contributed by atoms with E-state index in [1.54, 1.807) is 0 Å². The minimum atomic E-state index is -3.07. The van der Waals surface area contributed by atoms with Gasteiger partial charge in [0.2, 0.25) is 0 Å². The van der Waals surface area contributed by atoms with E-state index in [1.807, 2.05) is 0 Å². The molecule has 2 atom stereocenters. The number of nitrogens with one attached hydrogen (secondary N) is 1. The fourth-order valence-electron chi connectivity index (χ4n) is 2.31. The van der Waals surface area contributed by atoms with Gasteiger partial charge in [0.05, 0.1) is 17.6 Å². The first-order chi connectivity index (χ1) is 8.74. The molecule has 0 aromatic carbocycles. The Bertz CT molecular complexity index is 353. The van der Waals surface area contributed by atoms with Gasteiger partial charge >= 0.3 is 0 Å². The average Bonchev–Trinajstić information content (AvgIpc) is 2.74. The SMILES string of the molecule is CCCNC(CS(=O)(=O)CC1CCCO1)C(C)(C)C. The van der Waals surface area contributed by atoms with E-state index in [0.29, 0.717) is 6.61 Å². The lowest BCUT2D eigenvalue weighted by Crippen LogP contribution is -2.46. The third-order valence-corrected chi connectivity index (χ3v) is 5.29. The summed E-state index contributed by atoms with van der Waals surface area (Å²) in [4.78, 5) is 0. The van der Waals surface area contributed by atoms with E-state index in [1.165, 1.54) is 0 Å². The Morgan fingerprint density at radius 3 is 2.53 bits per heavy atom. The number of hydrogen-bond donors (Lipinski definition) is 1. The van der Waals surface area contributed by atoms with Gasteiger partial charge in [-0.2, -0.15) is 0 Å². The predicted molar refractivity (Wildman–Crippen MR) is 79.2 cm³/mol. The van der Waals surface area contributed by atoms with Crippen LogP contribution < -0.4 is 5.32 Å². The van der Waals surface area contributed by atoms with E-state index in [9.17, 15) is 8.42 Å². The Morgan fingerprint density at radius 2 is 2.05 bits per heavy atom. The lowest BCUT2D eigenvalue weighted by Gasteiger charge is -2.31. The summed E-state index contributed by atoms with van der Waals surface area (Å²) in [5, 5.41) is 3.37. The van der Waals surface area contributed by atoms with Crippen molar-refractivity contribution < 1.29 is 13.2 Å². The van der Waals surface area contributed by atoms with Crippen molar-refractivity contribution in [1.82, 2.24) is 5.32 Å². The molecular weight excluding hydrogens is 262 g/mol. The first-order valence-corrected chi connectivity index (χ1v) is 9.12. The summed E-state index contributed by atoms with van der Waals surface area (Å²) in [6, 6.07) is -0.00106. The van der Waals surface area contributed by atoms with Crippen molar-refractivity contribution in [3.05, 3.63) is 0 Å². The molecule has 0 aliphatic carbocycles. The molecule has 114 valence electrons. The van der Waals surface area contributed by atoms with Crippen LogP contribution in [0.2, 0.25) is 0 Å². The Balaban J connectivity index is 2.60. The smallest absolute Gasteiger partial charge is 0.154 e. The quantitative estimate of drug-likeness (QED) is 0.779. The van der Waals surface area contributed by atoms with Crippen LogP contribution in [0.4, 0.5) is 0 Å². The van der Waals surface area contributed by atoms with Crippen LogP contribution in [0.3, 0.4) is 0 Å². The van der Waals surface area contributed by atoms with Crippen LogP contribution in [0.5, 0.6) is 0 Å². The zero-order valence-electron chi connectivity index (χ0n) is 12.7. The van der Waals surface area contributed by atoms with Gasteiger partial charge in [0.1, 0.15) is 0 Å². The lowest BCUT2D eigenvalue weighted by atomic mass is 9.88. The van der Waals surface area contributed by atoms with Crippen LogP contribution in [0.25, 0.3) is 0 Å². The molecule has 1 fully saturated rings. The molecule has 1 N–H and O–H groups in total. The number of rotatable bonds is 7. The number of ether oxygens (including phenoxy) is 1. The van der Waals surface area contributed by atoms with Crippen LogP contribution in [-0.2, 0) is 14.6 Å². The van der Waals surface area contributed by atoms with E-state index in [-0.39, 0.29) is 29.1 Å². The zero-order chi connectivity index (χ0) is 14.5. The second-order valence-electron chi connectivity index (χ2n) is 6.58. The molecule has 0 amide bonds. The van der Waals surface area contributed by atoms with Crippen molar-refractivity contribution in [2.24, 2.45) is 5.41 Å². The molecule has 0 aromatic heterocycles. The van der Waals surface area contributed by atoms with Gasteiger partial charge < -0.3 is 10.1 Å². The first-order valence-electron chi connectivity index (χ1n) is 7.30. The van der Waals surface area contributed by atoms with Crippen molar-refractivity contribution in [2.75, 3.05) is 24.7 Å². The molecule has 2 unspecified atom stereocenters. The van der Waals surface area contributed by atoms with Gasteiger partial charge in [-0.05, 0) is 31.2 Å². The third-order valence-electron chi connectivity index (χ3n) is 3.57. The predicted octanol–water partition coefficient (Wildman–Crippen LogP) is 1.99. The summed E-state index contributed by atoms with van der Waals surface area (Å²) in [7, 11) is -3.07. The van der Waals surface area contributed by atoms with Crippen LogP contribution in [0, 0.1) is 5.41 Å². The summed E-state index contributed by atoms with van der Waals surface area (Å²) in [6.45, 7) is 9.91. The molecule has 1 aliphatic heterocycles. The van der Waals surface area contributed by atoms with Gasteiger partial charge in [-0.15, -0.1) is 0 Å². The molecule has 0 saturated carbocycles. The molecule has 0 aromatic rings. The van der Waals surface area contributed by atoms with Crippen LogP contribution in [0.1, 0.15) is 47.0 Å². The molecule has 19 heavy (non-hydrogen) atoms. The Kier molecular flexibility index (Phi) is 6.27. The maximum Gasteiger partial charge on any atom is 0.154 e. The van der Waals surface area contributed by atoms with Gasteiger partial charge in [-0.1, -0.05) is 27.7 Å². The topological polar surface area (TPSA) is 55.4 Å². The van der Waals surface area contributed by atoms with Gasteiger partial charge in [0, 0.05) is 12.6 Å². The molecule has 0 bridgehead atoms. The highest BCUT2D eigenvalue weighted by atomic mass is 32.2. The zero-order valence-corrected chi connectivity index (χ0v) is 13.6. The van der Waals surface area contributed by atoms with Gasteiger partial charge in [-0.3, -0.25) is 0 Å². The van der Waals surface area contributed by atoms with Crippen molar-refractivity contribution in [3.63, 3.8) is 0 Å². The van der Waals surface area contributed by atoms with E-state index in [0.717, 1.165) is 25.8 Å². The van der Waals surface area contributed by atoms with Crippen molar-refractivity contribution in [2.45, 2.75) is 59.1 Å². The van der Waals surface area contributed by atoms with Crippen LogP contribution in [0.15, 0.2) is 0 Å². The molecule has 5 heteroatoms. The normalized spacial score (nSPS) is 22.6. The Labute approximate surface area is 118 Å². The Hall–Kier alpha value is -0.130. The molecule has 0 radical (unpaired) electrons. The maximum atomic E-state index is 12.3. The minimum Gasteiger partial charge on any atom is -0.377 e. The minimum absolute atomic E-state index is 0.00106. The average molecular weight is 291 g/mol. The summed E-state index contributed by atoms with van der Waals surface area (Å²) >= 11 is 0. The van der Waals surface area contributed by atoms with E-state index >= 15 is 0 Å². The highest BCUT2D eigenvalue weighted by Gasteiger charge is 2.31. The van der Waals surface area contributed by atoms with Crippen molar-refractivity contribution in [3.8, 4) is 0 Å². The monoisotopic (exact) mass is 291 g/mol. The summed E-state index contributed by atoms with van der Waals surface area (Å²) in [5.41, 5.74) is -0.0568. The largest absolute Gasteiger partial charge is 0.377 e. The van der Waals surface area contributed by atoms with E-state index in [4.69, 9.17) is 4.74 Å². The fraction of sp³-hybridized carbons (Fsp3) is 1.00. The molecule has 1 heterocycles. The molecule has 1 saturated heterocycles. The molecule has 1 aliphatic rings. The number of sulfone groups is 1. The number of hydrogen-bond acceptors (Lipinski definition) is 4. The summed E-state index contributed by atoms with van der Waals surface area (Å²) in [5.74, 6) is 0.379. The second-order valence-corrected chi connectivity index (χ2v) is 8.74. The molecular formula is C14H29NO3S. The van der Waals surface area contributed by atoms with E-state index < -0.39 is 9.84 Å². The summed E-state index contributed by atoms with van der Waals surface area (Å²) < 4.78 is 30.0. The highest BCUT2D eigenvalue weighted by Crippen LogP contribution is 2.22. The third kappa shape index (κ3) is 6.23. The maximum absolute atomic E-state index is 12.3. The standard InChI is InChI=1S/C14H29NO3S/c1-5-8-15-13(14(2,3)4)11-19(16,17)10-12-7-6-9-18-12/h12-13,15H,5-11H2,1-4H3. The molecule has 4 nitrogen and oxygen atoms in total. The fourth-order valence-corrected chi connectivity index (χ4v) is 4.41. The Morgan fingerprint density at radius 1 is 1.37 bits per heavy atom.